The van der Waals surface area contributed by atoms with Gasteiger partial charge in [-0.05, 0) is 101 Å². The van der Waals surface area contributed by atoms with E-state index in [2.05, 4.69) is 234 Å². The lowest BCUT2D eigenvalue weighted by Gasteiger charge is -2.46. The van der Waals surface area contributed by atoms with Crippen molar-refractivity contribution in [2.24, 2.45) is 0 Å². The third kappa shape index (κ3) is 5.08. The largest absolute Gasteiger partial charge is 0.310 e. The molecule has 3 aromatic heterocycles. The molecule has 0 atom stereocenters. The molecule has 12 aromatic rings. The van der Waals surface area contributed by atoms with Crippen molar-refractivity contribution in [1.82, 2.24) is 4.57 Å². The third-order valence-corrected chi connectivity index (χ3v) is 17.0. The van der Waals surface area contributed by atoms with Crippen LogP contribution in [0.3, 0.4) is 0 Å². The van der Waals surface area contributed by atoms with Gasteiger partial charge in [0.15, 0.2) is 0 Å². The molecule has 3 aliphatic heterocycles. The lowest BCUT2D eigenvalue weighted by Crippen LogP contribution is -2.61. The molecule has 0 bridgehead atoms. The number of hydrogen-bond donors (Lipinski definition) is 0. The van der Waals surface area contributed by atoms with E-state index in [0.29, 0.717) is 0 Å². The van der Waals surface area contributed by atoms with Crippen molar-refractivity contribution in [1.29, 1.82) is 0 Å². The first-order chi connectivity index (χ1) is 32.9. The third-order valence-electron chi connectivity index (χ3n) is 14.6. The van der Waals surface area contributed by atoms with Crippen LogP contribution in [0.4, 0.5) is 51.2 Å². The van der Waals surface area contributed by atoms with Crippen LogP contribution in [-0.2, 0) is 5.41 Å². The molecule has 7 heteroatoms. The highest BCUT2D eigenvalue weighted by molar-refractivity contribution is 7.34. The predicted molar refractivity (Wildman–Crippen MR) is 290 cm³/mol. The molecule has 0 amide bonds. The monoisotopic (exact) mass is 892 g/mol. The van der Waals surface area contributed by atoms with E-state index < -0.39 is 0 Å². The van der Waals surface area contributed by atoms with Crippen LogP contribution >= 0.6 is 22.7 Å². The highest BCUT2D eigenvalue weighted by Gasteiger charge is 2.48. The van der Waals surface area contributed by atoms with Crippen LogP contribution in [0.25, 0.3) is 57.8 Å². The Morgan fingerprint density at radius 3 is 1.82 bits per heavy atom. The van der Waals surface area contributed by atoms with Gasteiger partial charge in [0.05, 0.1) is 49.9 Å². The quantitative estimate of drug-likeness (QED) is 0.164. The maximum Gasteiger partial charge on any atom is 0.264 e. The molecular formula is C60H41BN4S2. The molecule has 6 heterocycles. The summed E-state index contributed by atoms with van der Waals surface area (Å²) in [5, 5.41) is 6.45. The molecule has 0 saturated heterocycles. The summed E-state index contributed by atoms with van der Waals surface area (Å²) >= 11 is 3.89. The molecular weight excluding hydrogens is 852 g/mol. The first-order valence-corrected chi connectivity index (χ1v) is 24.8. The van der Waals surface area contributed by atoms with E-state index in [-0.39, 0.29) is 12.1 Å². The number of thiophene rings is 2. The summed E-state index contributed by atoms with van der Waals surface area (Å²) < 4.78 is 7.85. The molecule has 9 aromatic carbocycles. The zero-order chi connectivity index (χ0) is 44.3. The lowest BCUT2D eigenvalue weighted by molar-refractivity contribution is 0.591. The Balaban J connectivity index is 1.14. The Morgan fingerprint density at radius 2 is 1.06 bits per heavy atom. The number of aromatic nitrogens is 1. The van der Waals surface area contributed by atoms with Gasteiger partial charge in [-0.1, -0.05) is 136 Å². The van der Waals surface area contributed by atoms with Crippen LogP contribution < -0.4 is 30.4 Å². The van der Waals surface area contributed by atoms with Gasteiger partial charge in [-0.25, -0.2) is 0 Å². The fourth-order valence-electron chi connectivity index (χ4n) is 11.7. The second kappa shape index (κ2) is 13.5. The number of anilines is 9. The summed E-state index contributed by atoms with van der Waals surface area (Å²) in [4.78, 5) is 7.76. The molecule has 3 aliphatic rings. The predicted octanol–water partition coefficient (Wildman–Crippen LogP) is 15.5. The Kier molecular flexibility index (Phi) is 7.59. The number of hydrogen-bond acceptors (Lipinski definition) is 5. The van der Waals surface area contributed by atoms with Crippen molar-refractivity contribution in [3.8, 4) is 5.69 Å². The van der Waals surface area contributed by atoms with Crippen LogP contribution in [0.1, 0.15) is 26.3 Å². The van der Waals surface area contributed by atoms with Crippen molar-refractivity contribution in [2.75, 3.05) is 14.7 Å². The summed E-state index contributed by atoms with van der Waals surface area (Å²) in [5.41, 5.74) is 18.4. The van der Waals surface area contributed by atoms with Crippen LogP contribution in [-0.4, -0.2) is 11.3 Å². The molecule has 0 spiro atoms. The van der Waals surface area contributed by atoms with Crippen LogP contribution in [0.5, 0.6) is 0 Å². The fraction of sp³-hybridized carbons (Fsp3) is 0.0667. The van der Waals surface area contributed by atoms with E-state index in [9.17, 15) is 0 Å². The van der Waals surface area contributed by atoms with Gasteiger partial charge in [0.1, 0.15) is 0 Å². The Labute approximate surface area is 396 Å². The summed E-state index contributed by atoms with van der Waals surface area (Å²) in [6.07, 6.45) is 0. The highest BCUT2D eigenvalue weighted by atomic mass is 32.1. The van der Waals surface area contributed by atoms with E-state index in [1.54, 1.807) is 0 Å². The maximum atomic E-state index is 2.68. The molecule has 0 fully saturated rings. The average Bonchev–Trinajstić information content (AvgIpc) is 4.04. The number of rotatable bonds is 4. The number of benzene rings is 9. The molecule has 67 heavy (non-hydrogen) atoms. The zero-order valence-electron chi connectivity index (χ0n) is 37.2. The zero-order valence-corrected chi connectivity index (χ0v) is 38.8. The van der Waals surface area contributed by atoms with Crippen LogP contribution in [0.15, 0.2) is 194 Å². The van der Waals surface area contributed by atoms with Gasteiger partial charge >= 0.3 is 0 Å². The second-order valence-corrected chi connectivity index (χ2v) is 21.4. The minimum atomic E-state index is -0.0276. The van der Waals surface area contributed by atoms with Crippen molar-refractivity contribution >= 4 is 148 Å². The first kappa shape index (κ1) is 37.6. The molecule has 0 saturated carbocycles. The standard InChI is InChI=1S/C60H41BN4S2/c1-60(2,3)36-31-32-53-44(33-36)56-59(67-53)61-45-25-16-28-48-57(45)64(47-27-14-23-42-40-21-10-12-26-46(40)63(48)55(42)47)50-34-39(62(37-17-6-4-7-18-37)38-19-8-5-9-20-38)35-51(54(50)61)65(56)49-29-15-24-43-41-22-11-13-30-52(41)66-58(43)49/h4-35H,1-3H3. The molecule has 4 nitrogen and oxygen atoms in total. The Hall–Kier alpha value is -7.58. The van der Waals surface area contributed by atoms with Gasteiger partial charge in [0, 0.05) is 63.9 Å². The van der Waals surface area contributed by atoms with Gasteiger partial charge in [0.25, 0.3) is 6.71 Å². The number of fused-ring (bicyclic) bond motifs is 14. The van der Waals surface area contributed by atoms with Crippen molar-refractivity contribution in [2.45, 2.75) is 26.2 Å². The number of nitrogens with zero attached hydrogens (tertiary/aromatic N) is 4. The fourth-order valence-corrected chi connectivity index (χ4v) is 14.2. The highest BCUT2D eigenvalue weighted by Crippen LogP contribution is 2.56. The minimum Gasteiger partial charge on any atom is -0.310 e. The summed E-state index contributed by atoms with van der Waals surface area (Å²) in [7, 11) is 0. The van der Waals surface area contributed by atoms with Crippen molar-refractivity contribution in [3.05, 3.63) is 200 Å². The summed E-state index contributed by atoms with van der Waals surface area (Å²) in [6.45, 7) is 7.00. The van der Waals surface area contributed by atoms with Crippen molar-refractivity contribution < 1.29 is 0 Å². The van der Waals surface area contributed by atoms with Gasteiger partial charge in [-0.15, -0.1) is 22.7 Å². The number of para-hydroxylation sites is 5. The van der Waals surface area contributed by atoms with Gasteiger partial charge in [-0.3, -0.25) is 0 Å². The normalized spacial score (nSPS) is 13.5. The summed E-state index contributed by atoms with van der Waals surface area (Å²) in [5.74, 6) is 0. The molecule has 0 N–H and O–H groups in total. The van der Waals surface area contributed by atoms with Crippen LogP contribution in [0, 0.1) is 0 Å². The smallest absolute Gasteiger partial charge is 0.264 e. The van der Waals surface area contributed by atoms with Gasteiger partial charge < -0.3 is 19.3 Å². The SMILES string of the molecule is CC(C)(C)c1ccc2sc3c(c2c1)N(c1cccc2c1sc1ccccc12)c1cc(N(c2ccccc2)c2ccccc2)cc2c1B3c1cccc3c1N2c1cccc2c4ccccc4n-3c12. The molecule has 0 aliphatic carbocycles. The topological polar surface area (TPSA) is 14.7 Å². The minimum absolute atomic E-state index is 0.0157. The first-order valence-electron chi connectivity index (χ1n) is 23.2. The molecule has 0 radical (unpaired) electrons. The van der Waals surface area contributed by atoms with E-state index in [1.807, 2.05) is 22.7 Å². The maximum absolute atomic E-state index is 2.68. The van der Waals surface area contributed by atoms with E-state index >= 15 is 0 Å². The summed E-state index contributed by atoms with van der Waals surface area (Å²) in [6, 6.07) is 72.9. The molecule has 15 rings (SSSR count). The van der Waals surface area contributed by atoms with Crippen LogP contribution in [0.2, 0.25) is 0 Å². The lowest BCUT2D eigenvalue weighted by atomic mass is 9.36. The Bertz CT molecular complexity index is 4030. The van der Waals surface area contributed by atoms with E-state index in [0.717, 1.165) is 17.1 Å². The van der Waals surface area contributed by atoms with E-state index in [4.69, 9.17) is 0 Å². The van der Waals surface area contributed by atoms with Gasteiger partial charge in [0.2, 0.25) is 0 Å². The Morgan fingerprint density at radius 1 is 0.448 bits per heavy atom. The second-order valence-electron chi connectivity index (χ2n) is 19.3. The average molecular weight is 893 g/mol. The molecule has 316 valence electrons. The molecule has 0 unspecified atom stereocenters. The van der Waals surface area contributed by atoms with Crippen molar-refractivity contribution in [3.63, 3.8) is 0 Å². The van der Waals surface area contributed by atoms with Gasteiger partial charge in [-0.2, -0.15) is 0 Å². The van der Waals surface area contributed by atoms with E-state index in [1.165, 1.54) is 113 Å².